The summed E-state index contributed by atoms with van der Waals surface area (Å²) in [6.45, 7) is 0.354. The van der Waals surface area contributed by atoms with Gasteiger partial charge in [-0.05, 0) is 22.0 Å². The van der Waals surface area contributed by atoms with Gasteiger partial charge in [0.15, 0.2) is 0 Å². The average molecular weight is 244 g/mol. The number of nitrogens with one attached hydrogen (secondary N) is 1. The van der Waals surface area contributed by atoms with Crippen molar-refractivity contribution in [2.75, 3.05) is 11.9 Å². The third-order valence-electron chi connectivity index (χ3n) is 1.36. The maximum absolute atomic E-state index is 11.1. The fourth-order valence-corrected chi connectivity index (χ4v) is 1.20. The number of hydrogen-bond acceptors (Lipinski definition) is 3. The Labute approximate surface area is 84.7 Å². The van der Waals surface area contributed by atoms with Crippen LogP contribution in [0.1, 0.15) is 6.42 Å². The van der Waals surface area contributed by atoms with Crippen LogP contribution in [0.3, 0.4) is 0 Å². The Bertz CT molecular complexity index is 303. The van der Waals surface area contributed by atoms with Crippen LogP contribution < -0.4 is 11.1 Å². The first-order valence-electron chi connectivity index (χ1n) is 3.83. The van der Waals surface area contributed by atoms with Crippen molar-refractivity contribution in [3.63, 3.8) is 0 Å². The maximum atomic E-state index is 11.1. The molecule has 3 N–H and O–H groups in total. The van der Waals surface area contributed by atoms with Gasteiger partial charge in [-0.1, -0.05) is 0 Å². The van der Waals surface area contributed by atoms with Gasteiger partial charge in [-0.2, -0.15) is 0 Å². The zero-order chi connectivity index (χ0) is 9.68. The molecule has 0 spiro atoms. The standard InChI is InChI=1S/C8H10BrN3O/c9-6-3-7(5-11-4-6)12-8(13)1-2-10/h3-5H,1-2,10H2,(H,12,13). The van der Waals surface area contributed by atoms with Crippen LogP contribution in [-0.2, 0) is 4.79 Å². The summed E-state index contributed by atoms with van der Waals surface area (Å²) >= 11 is 3.25. The summed E-state index contributed by atoms with van der Waals surface area (Å²) in [4.78, 5) is 15.0. The topological polar surface area (TPSA) is 68.0 Å². The van der Waals surface area contributed by atoms with E-state index in [0.29, 0.717) is 18.7 Å². The summed E-state index contributed by atoms with van der Waals surface area (Å²) < 4.78 is 0.832. The first-order chi connectivity index (χ1) is 6.22. The van der Waals surface area contributed by atoms with Gasteiger partial charge in [0.25, 0.3) is 0 Å². The molecule has 0 aliphatic carbocycles. The number of rotatable bonds is 3. The molecule has 4 nitrogen and oxygen atoms in total. The number of pyridine rings is 1. The molecule has 1 amide bonds. The first-order valence-corrected chi connectivity index (χ1v) is 4.62. The fourth-order valence-electron chi connectivity index (χ4n) is 0.835. The molecule has 0 atom stereocenters. The van der Waals surface area contributed by atoms with E-state index in [1.807, 2.05) is 0 Å². The summed E-state index contributed by atoms with van der Waals surface area (Å²) in [6.07, 6.45) is 3.56. The number of carbonyl (C=O) groups is 1. The minimum absolute atomic E-state index is 0.0950. The third kappa shape index (κ3) is 3.52. The monoisotopic (exact) mass is 243 g/mol. The Morgan fingerprint density at radius 3 is 3.00 bits per heavy atom. The van der Waals surface area contributed by atoms with Crippen LogP contribution in [-0.4, -0.2) is 17.4 Å². The van der Waals surface area contributed by atoms with Crippen LogP contribution in [0.4, 0.5) is 5.69 Å². The molecule has 70 valence electrons. The van der Waals surface area contributed by atoms with Crippen LogP contribution >= 0.6 is 15.9 Å². The van der Waals surface area contributed by atoms with Gasteiger partial charge in [-0.15, -0.1) is 0 Å². The van der Waals surface area contributed by atoms with E-state index in [1.54, 1.807) is 18.5 Å². The van der Waals surface area contributed by atoms with Crippen LogP contribution in [0.5, 0.6) is 0 Å². The lowest BCUT2D eigenvalue weighted by Gasteiger charge is -2.03. The Balaban J connectivity index is 2.58. The van der Waals surface area contributed by atoms with Gasteiger partial charge in [-0.3, -0.25) is 9.78 Å². The SMILES string of the molecule is NCCC(=O)Nc1cncc(Br)c1. The Kier molecular flexibility index (Phi) is 3.85. The number of halogens is 1. The summed E-state index contributed by atoms with van der Waals surface area (Å²) in [5.41, 5.74) is 5.90. The molecule has 0 radical (unpaired) electrons. The summed E-state index contributed by atoms with van der Waals surface area (Å²) in [5, 5.41) is 2.67. The van der Waals surface area contributed by atoms with Crippen LogP contribution in [0.2, 0.25) is 0 Å². The number of carbonyl (C=O) groups excluding carboxylic acids is 1. The molecule has 0 saturated heterocycles. The van der Waals surface area contributed by atoms with Crippen molar-refractivity contribution in [3.05, 3.63) is 22.9 Å². The van der Waals surface area contributed by atoms with E-state index in [0.717, 1.165) is 4.47 Å². The highest BCUT2D eigenvalue weighted by molar-refractivity contribution is 9.10. The predicted octanol–water partition coefficient (Wildman–Crippen LogP) is 1.13. The molecule has 0 saturated carbocycles. The van der Waals surface area contributed by atoms with Crippen molar-refractivity contribution in [2.45, 2.75) is 6.42 Å². The molecule has 0 unspecified atom stereocenters. The number of aromatic nitrogens is 1. The van der Waals surface area contributed by atoms with Gasteiger partial charge in [0.05, 0.1) is 11.9 Å². The molecule has 13 heavy (non-hydrogen) atoms. The number of nitrogens with zero attached hydrogens (tertiary/aromatic N) is 1. The predicted molar refractivity (Wildman–Crippen MR) is 54.2 cm³/mol. The number of amides is 1. The Morgan fingerprint density at radius 2 is 2.38 bits per heavy atom. The second-order valence-corrected chi connectivity index (χ2v) is 3.39. The lowest BCUT2D eigenvalue weighted by atomic mass is 10.3. The highest BCUT2D eigenvalue weighted by Gasteiger charge is 2.00. The zero-order valence-electron chi connectivity index (χ0n) is 6.96. The molecule has 0 aliphatic rings. The van der Waals surface area contributed by atoms with Crippen molar-refractivity contribution in [3.8, 4) is 0 Å². The van der Waals surface area contributed by atoms with Crippen molar-refractivity contribution >= 4 is 27.5 Å². The van der Waals surface area contributed by atoms with Gasteiger partial charge in [0, 0.05) is 23.6 Å². The molecule has 0 bridgehead atoms. The Hall–Kier alpha value is -0.940. The van der Waals surface area contributed by atoms with Gasteiger partial charge in [-0.25, -0.2) is 0 Å². The number of anilines is 1. The average Bonchev–Trinajstić information content (AvgIpc) is 2.04. The zero-order valence-corrected chi connectivity index (χ0v) is 8.54. The smallest absolute Gasteiger partial charge is 0.225 e. The molecule has 5 heteroatoms. The van der Waals surface area contributed by atoms with Gasteiger partial charge < -0.3 is 11.1 Å². The van der Waals surface area contributed by atoms with E-state index in [4.69, 9.17) is 5.73 Å². The normalized spacial score (nSPS) is 9.69. The van der Waals surface area contributed by atoms with Crippen LogP contribution in [0, 0.1) is 0 Å². The summed E-state index contributed by atoms with van der Waals surface area (Å²) in [7, 11) is 0. The summed E-state index contributed by atoms with van der Waals surface area (Å²) in [5.74, 6) is -0.0950. The van der Waals surface area contributed by atoms with E-state index in [1.165, 1.54) is 0 Å². The molecular weight excluding hydrogens is 234 g/mol. The maximum Gasteiger partial charge on any atom is 0.225 e. The lowest BCUT2D eigenvalue weighted by molar-refractivity contribution is -0.116. The molecule has 1 rings (SSSR count). The number of nitrogens with two attached hydrogens (primary N) is 1. The van der Waals surface area contributed by atoms with Crippen molar-refractivity contribution < 1.29 is 4.79 Å². The molecule has 1 heterocycles. The highest BCUT2D eigenvalue weighted by Crippen LogP contribution is 2.13. The second kappa shape index (κ2) is 4.94. The Morgan fingerprint density at radius 1 is 1.62 bits per heavy atom. The molecular formula is C8H10BrN3O. The van der Waals surface area contributed by atoms with Gasteiger partial charge in [0.1, 0.15) is 0 Å². The van der Waals surface area contributed by atoms with E-state index >= 15 is 0 Å². The summed E-state index contributed by atoms with van der Waals surface area (Å²) in [6, 6.07) is 1.78. The molecule has 1 aromatic heterocycles. The molecule has 0 fully saturated rings. The molecule has 0 aliphatic heterocycles. The third-order valence-corrected chi connectivity index (χ3v) is 1.79. The minimum Gasteiger partial charge on any atom is -0.330 e. The first kappa shape index (κ1) is 10.1. The van der Waals surface area contributed by atoms with Gasteiger partial charge >= 0.3 is 0 Å². The lowest BCUT2D eigenvalue weighted by Crippen LogP contribution is -2.16. The van der Waals surface area contributed by atoms with Crippen molar-refractivity contribution in [2.24, 2.45) is 5.73 Å². The minimum atomic E-state index is -0.0950. The van der Waals surface area contributed by atoms with E-state index in [2.05, 4.69) is 26.2 Å². The van der Waals surface area contributed by atoms with Crippen LogP contribution in [0.25, 0.3) is 0 Å². The fraction of sp³-hybridized carbons (Fsp3) is 0.250. The molecule has 0 aromatic carbocycles. The second-order valence-electron chi connectivity index (χ2n) is 2.48. The van der Waals surface area contributed by atoms with E-state index in [9.17, 15) is 4.79 Å². The van der Waals surface area contributed by atoms with E-state index in [-0.39, 0.29) is 5.91 Å². The largest absolute Gasteiger partial charge is 0.330 e. The van der Waals surface area contributed by atoms with Crippen LogP contribution in [0.15, 0.2) is 22.9 Å². The van der Waals surface area contributed by atoms with Crippen molar-refractivity contribution in [1.29, 1.82) is 0 Å². The van der Waals surface area contributed by atoms with Gasteiger partial charge in [0.2, 0.25) is 5.91 Å². The van der Waals surface area contributed by atoms with E-state index < -0.39 is 0 Å². The quantitative estimate of drug-likeness (QED) is 0.837. The highest BCUT2D eigenvalue weighted by atomic mass is 79.9. The number of hydrogen-bond donors (Lipinski definition) is 2. The molecule has 1 aromatic rings. The van der Waals surface area contributed by atoms with Crippen molar-refractivity contribution in [1.82, 2.24) is 4.98 Å².